The van der Waals surface area contributed by atoms with E-state index >= 15 is 0 Å². The number of esters is 1. The summed E-state index contributed by atoms with van der Waals surface area (Å²) in [5, 5.41) is 5.25. The van der Waals surface area contributed by atoms with Crippen molar-refractivity contribution in [1.29, 1.82) is 0 Å². The lowest BCUT2D eigenvalue weighted by molar-refractivity contribution is -0.145. The second-order valence-electron chi connectivity index (χ2n) is 6.86. The first-order valence-corrected chi connectivity index (χ1v) is 9.23. The van der Waals surface area contributed by atoms with Crippen LogP contribution in [-0.4, -0.2) is 37.0 Å². The molecule has 6 nitrogen and oxygen atoms in total. The van der Waals surface area contributed by atoms with Gasteiger partial charge in [-0.25, -0.2) is 9.18 Å². The van der Waals surface area contributed by atoms with Gasteiger partial charge in [0.05, 0.1) is 7.11 Å². The molecule has 0 unspecified atom stereocenters. The van der Waals surface area contributed by atoms with E-state index in [1.165, 1.54) is 26.2 Å². The monoisotopic (exact) mass is 400 g/mol. The minimum Gasteiger partial charge on any atom is -0.467 e. The molecule has 0 heterocycles. The van der Waals surface area contributed by atoms with Gasteiger partial charge in [-0.05, 0) is 30.2 Å². The number of benzene rings is 2. The summed E-state index contributed by atoms with van der Waals surface area (Å²) >= 11 is 0. The molecule has 0 bridgehead atoms. The third-order valence-corrected chi connectivity index (χ3v) is 4.37. The van der Waals surface area contributed by atoms with Gasteiger partial charge in [-0.2, -0.15) is 0 Å². The highest BCUT2D eigenvalue weighted by molar-refractivity contribution is 5.90. The van der Waals surface area contributed by atoms with Gasteiger partial charge in [0.15, 0.2) is 0 Å². The predicted octanol–water partition coefficient (Wildman–Crippen LogP) is 2.08. The highest BCUT2D eigenvalue weighted by atomic mass is 19.1. The molecule has 0 spiro atoms. The maximum absolute atomic E-state index is 13.1. The number of nitrogens with one attached hydrogen (secondary N) is 2. The topological polar surface area (TPSA) is 84.5 Å². The fourth-order valence-corrected chi connectivity index (χ4v) is 2.99. The first-order valence-electron chi connectivity index (χ1n) is 9.23. The molecule has 29 heavy (non-hydrogen) atoms. The van der Waals surface area contributed by atoms with Crippen molar-refractivity contribution in [3.63, 3.8) is 0 Å². The van der Waals surface area contributed by atoms with Crippen molar-refractivity contribution in [2.45, 2.75) is 38.8 Å². The van der Waals surface area contributed by atoms with Gasteiger partial charge < -0.3 is 15.4 Å². The molecule has 0 aliphatic rings. The van der Waals surface area contributed by atoms with E-state index in [1.807, 2.05) is 31.2 Å². The van der Waals surface area contributed by atoms with Gasteiger partial charge in [0.1, 0.15) is 17.9 Å². The van der Waals surface area contributed by atoms with Gasteiger partial charge in [0, 0.05) is 19.8 Å². The van der Waals surface area contributed by atoms with Crippen molar-refractivity contribution in [3.05, 3.63) is 71.0 Å². The molecule has 0 saturated heterocycles. The largest absolute Gasteiger partial charge is 0.467 e. The van der Waals surface area contributed by atoms with Crippen LogP contribution in [0.2, 0.25) is 0 Å². The summed E-state index contributed by atoms with van der Waals surface area (Å²) in [7, 11) is 1.25. The van der Waals surface area contributed by atoms with Crippen LogP contribution in [0.1, 0.15) is 23.6 Å². The third kappa shape index (κ3) is 7.03. The van der Waals surface area contributed by atoms with Gasteiger partial charge in [0.25, 0.3) is 0 Å². The van der Waals surface area contributed by atoms with Crippen molar-refractivity contribution in [2.75, 3.05) is 7.11 Å². The number of rotatable bonds is 8. The molecule has 7 heteroatoms. The van der Waals surface area contributed by atoms with Crippen LogP contribution in [0, 0.1) is 12.7 Å². The van der Waals surface area contributed by atoms with Crippen molar-refractivity contribution >= 4 is 17.8 Å². The Morgan fingerprint density at radius 1 is 0.966 bits per heavy atom. The Morgan fingerprint density at radius 2 is 1.62 bits per heavy atom. The number of aryl methyl sites for hydroxylation is 1. The second kappa shape index (κ2) is 10.4. The molecule has 0 radical (unpaired) electrons. The highest BCUT2D eigenvalue weighted by Gasteiger charge is 2.27. The Morgan fingerprint density at radius 3 is 2.21 bits per heavy atom. The standard InChI is InChI=1S/C22H25FN2O4/c1-14-5-4-6-17(11-14)13-20(22(28)29-3)25-21(27)19(24-15(2)26)12-16-7-9-18(23)10-8-16/h4-11,19-20H,12-13H2,1-3H3,(H,24,26)(H,25,27)/t19-,20-/m0/s1. The molecular formula is C22H25FN2O4. The summed E-state index contributed by atoms with van der Waals surface area (Å²) in [4.78, 5) is 36.6. The van der Waals surface area contributed by atoms with Gasteiger partial charge in [0.2, 0.25) is 11.8 Å². The van der Waals surface area contributed by atoms with Crippen LogP contribution in [0.15, 0.2) is 48.5 Å². The average molecular weight is 400 g/mol. The summed E-state index contributed by atoms with van der Waals surface area (Å²) in [6, 6.07) is 11.4. The van der Waals surface area contributed by atoms with Crippen LogP contribution in [0.5, 0.6) is 0 Å². The highest BCUT2D eigenvalue weighted by Crippen LogP contribution is 2.10. The zero-order valence-electron chi connectivity index (χ0n) is 16.7. The summed E-state index contributed by atoms with van der Waals surface area (Å²) in [6.07, 6.45) is 0.410. The summed E-state index contributed by atoms with van der Waals surface area (Å²) in [5.41, 5.74) is 2.58. The maximum atomic E-state index is 13.1. The normalized spacial score (nSPS) is 12.6. The number of halogens is 1. The van der Waals surface area contributed by atoms with E-state index in [0.29, 0.717) is 5.56 Å². The quantitative estimate of drug-likeness (QED) is 0.665. The summed E-state index contributed by atoms with van der Waals surface area (Å²) in [6.45, 7) is 3.24. The zero-order chi connectivity index (χ0) is 21.4. The summed E-state index contributed by atoms with van der Waals surface area (Å²) in [5.74, 6) is -1.88. The maximum Gasteiger partial charge on any atom is 0.328 e. The van der Waals surface area contributed by atoms with Gasteiger partial charge in [-0.15, -0.1) is 0 Å². The van der Waals surface area contributed by atoms with Crippen molar-refractivity contribution < 1.29 is 23.5 Å². The Hall–Kier alpha value is -3.22. The van der Waals surface area contributed by atoms with Crippen molar-refractivity contribution in [1.82, 2.24) is 10.6 Å². The van der Waals surface area contributed by atoms with Crippen LogP contribution in [0.3, 0.4) is 0 Å². The molecule has 2 N–H and O–H groups in total. The van der Waals surface area contributed by atoms with E-state index in [4.69, 9.17) is 4.74 Å². The molecule has 0 fully saturated rings. The predicted molar refractivity (Wildman–Crippen MR) is 107 cm³/mol. The van der Waals surface area contributed by atoms with Crippen molar-refractivity contribution in [2.24, 2.45) is 0 Å². The lowest BCUT2D eigenvalue weighted by Gasteiger charge is -2.22. The lowest BCUT2D eigenvalue weighted by Crippen LogP contribution is -2.53. The number of hydrogen-bond acceptors (Lipinski definition) is 4. The fraction of sp³-hybridized carbons (Fsp3) is 0.318. The SMILES string of the molecule is COC(=O)[C@H](Cc1cccc(C)c1)NC(=O)[C@H](Cc1ccc(F)cc1)NC(C)=O. The molecule has 0 saturated carbocycles. The van der Waals surface area contributed by atoms with E-state index in [2.05, 4.69) is 10.6 Å². The fourth-order valence-electron chi connectivity index (χ4n) is 2.99. The van der Waals surface area contributed by atoms with Crippen molar-refractivity contribution in [3.8, 4) is 0 Å². The Kier molecular flexibility index (Phi) is 7.88. The van der Waals surface area contributed by atoms with E-state index in [9.17, 15) is 18.8 Å². The molecule has 2 rings (SSSR count). The van der Waals surface area contributed by atoms with Gasteiger partial charge in [-0.1, -0.05) is 42.0 Å². The lowest BCUT2D eigenvalue weighted by atomic mass is 10.0. The zero-order valence-corrected chi connectivity index (χ0v) is 16.7. The molecule has 0 aromatic heterocycles. The molecular weight excluding hydrogens is 375 g/mol. The third-order valence-electron chi connectivity index (χ3n) is 4.37. The molecule has 0 aliphatic heterocycles. The molecule has 154 valence electrons. The Bertz CT molecular complexity index is 867. The Balaban J connectivity index is 2.16. The van der Waals surface area contributed by atoms with Crippen LogP contribution in [-0.2, 0) is 32.0 Å². The minimum atomic E-state index is -0.914. The minimum absolute atomic E-state index is 0.157. The first kappa shape index (κ1) is 22.1. The molecule has 2 aromatic carbocycles. The number of carbonyl (C=O) groups excluding carboxylic acids is 3. The van der Waals surface area contributed by atoms with Gasteiger partial charge in [-0.3, -0.25) is 9.59 Å². The van der Waals surface area contributed by atoms with Gasteiger partial charge >= 0.3 is 5.97 Å². The van der Waals surface area contributed by atoms with E-state index in [1.54, 1.807) is 12.1 Å². The number of hydrogen-bond donors (Lipinski definition) is 2. The van der Waals surface area contributed by atoms with E-state index in [0.717, 1.165) is 11.1 Å². The van der Waals surface area contributed by atoms with Crippen LogP contribution in [0.25, 0.3) is 0 Å². The van der Waals surface area contributed by atoms with Crippen LogP contribution in [0.4, 0.5) is 4.39 Å². The molecule has 2 aromatic rings. The molecule has 0 aliphatic carbocycles. The van der Waals surface area contributed by atoms with Crippen LogP contribution < -0.4 is 10.6 Å². The number of ether oxygens (including phenoxy) is 1. The second-order valence-corrected chi connectivity index (χ2v) is 6.86. The summed E-state index contributed by atoms with van der Waals surface area (Å²) < 4.78 is 18.0. The number of carbonyl (C=O) groups is 3. The molecule has 2 atom stereocenters. The number of methoxy groups -OCH3 is 1. The Labute approximate surface area is 169 Å². The van der Waals surface area contributed by atoms with E-state index < -0.39 is 29.8 Å². The molecule has 2 amide bonds. The van der Waals surface area contributed by atoms with E-state index in [-0.39, 0.29) is 18.7 Å². The average Bonchev–Trinajstić information content (AvgIpc) is 2.67. The van der Waals surface area contributed by atoms with Crippen LogP contribution >= 0.6 is 0 Å². The number of amides is 2. The first-order chi connectivity index (χ1) is 13.8. The smallest absolute Gasteiger partial charge is 0.328 e.